The normalized spacial score (nSPS) is 18.0. The quantitative estimate of drug-likeness (QED) is 0.639. The number of rotatable bonds is 5. The number of sulfonamides is 1. The van der Waals surface area contributed by atoms with Gasteiger partial charge in [0, 0.05) is 24.0 Å². The molecule has 1 atom stereocenters. The number of hydrogen-bond acceptors (Lipinski definition) is 5. The lowest BCUT2D eigenvalue weighted by atomic mass is 10.2. The van der Waals surface area contributed by atoms with E-state index in [4.69, 9.17) is 4.74 Å². The summed E-state index contributed by atoms with van der Waals surface area (Å²) in [4.78, 5) is 4.85. The molecular weight excluding hydrogens is 388 g/mol. The van der Waals surface area contributed by atoms with Gasteiger partial charge in [0.15, 0.2) is 0 Å². The summed E-state index contributed by atoms with van der Waals surface area (Å²) in [7, 11) is -3.62. The van der Waals surface area contributed by atoms with Crippen LogP contribution in [0, 0.1) is 13.8 Å². The SMILES string of the molecule is Cc1nn(C(C)C)c(C)c1S(=O)(=O)N1CC[C@@H](Oc2ccc3ccccc3n2)C1. The second kappa shape index (κ2) is 7.42. The molecule has 1 saturated heterocycles. The average molecular weight is 415 g/mol. The molecule has 154 valence electrons. The Hall–Kier alpha value is -2.45. The lowest BCUT2D eigenvalue weighted by Crippen LogP contribution is -2.31. The van der Waals surface area contributed by atoms with Gasteiger partial charge < -0.3 is 4.74 Å². The van der Waals surface area contributed by atoms with Crippen LogP contribution in [-0.4, -0.2) is 46.7 Å². The average Bonchev–Trinajstić information content (AvgIpc) is 3.26. The van der Waals surface area contributed by atoms with Gasteiger partial charge in [0.1, 0.15) is 11.0 Å². The summed E-state index contributed by atoms with van der Waals surface area (Å²) in [5, 5.41) is 5.48. The molecule has 0 N–H and O–H groups in total. The lowest BCUT2D eigenvalue weighted by Gasteiger charge is -2.18. The molecule has 0 bridgehead atoms. The molecule has 2 aromatic heterocycles. The van der Waals surface area contributed by atoms with E-state index < -0.39 is 10.0 Å². The molecule has 7 nitrogen and oxygen atoms in total. The number of ether oxygens (including phenoxy) is 1. The van der Waals surface area contributed by atoms with Gasteiger partial charge in [0.05, 0.1) is 23.4 Å². The molecule has 3 aromatic rings. The number of nitrogens with zero attached hydrogens (tertiary/aromatic N) is 4. The van der Waals surface area contributed by atoms with Crippen molar-refractivity contribution in [2.75, 3.05) is 13.1 Å². The summed E-state index contributed by atoms with van der Waals surface area (Å²) in [6.45, 7) is 8.28. The Morgan fingerprint density at radius 2 is 1.90 bits per heavy atom. The number of para-hydroxylation sites is 1. The van der Waals surface area contributed by atoms with Crippen LogP contribution in [0.25, 0.3) is 10.9 Å². The summed E-state index contributed by atoms with van der Waals surface area (Å²) < 4.78 is 35.9. The first-order valence-corrected chi connectivity index (χ1v) is 11.3. The minimum Gasteiger partial charge on any atom is -0.473 e. The minimum absolute atomic E-state index is 0.103. The van der Waals surface area contributed by atoms with E-state index in [1.54, 1.807) is 11.6 Å². The maximum absolute atomic E-state index is 13.3. The number of pyridine rings is 1. The number of benzene rings is 1. The van der Waals surface area contributed by atoms with E-state index in [1.165, 1.54) is 4.31 Å². The highest BCUT2D eigenvalue weighted by Gasteiger charge is 2.37. The van der Waals surface area contributed by atoms with E-state index in [-0.39, 0.29) is 12.1 Å². The highest BCUT2D eigenvalue weighted by Crippen LogP contribution is 2.29. The molecule has 1 aromatic carbocycles. The Balaban J connectivity index is 1.53. The van der Waals surface area contributed by atoms with Crippen LogP contribution in [0.15, 0.2) is 41.3 Å². The molecule has 0 amide bonds. The van der Waals surface area contributed by atoms with Crippen LogP contribution in [0.4, 0.5) is 0 Å². The van der Waals surface area contributed by atoms with Gasteiger partial charge in [-0.15, -0.1) is 0 Å². The number of hydrogen-bond donors (Lipinski definition) is 0. The zero-order chi connectivity index (χ0) is 20.8. The molecule has 0 saturated carbocycles. The van der Waals surface area contributed by atoms with Crippen molar-refractivity contribution in [2.45, 2.75) is 51.2 Å². The van der Waals surface area contributed by atoms with E-state index in [0.717, 1.165) is 10.9 Å². The maximum Gasteiger partial charge on any atom is 0.246 e. The molecule has 0 aliphatic carbocycles. The zero-order valence-corrected chi connectivity index (χ0v) is 18.0. The van der Waals surface area contributed by atoms with Gasteiger partial charge in [-0.1, -0.05) is 18.2 Å². The lowest BCUT2D eigenvalue weighted by molar-refractivity contribution is 0.207. The topological polar surface area (TPSA) is 77.3 Å². The predicted octanol–water partition coefficient (Wildman–Crippen LogP) is 3.47. The summed E-state index contributed by atoms with van der Waals surface area (Å²) in [6.07, 6.45) is 0.406. The minimum atomic E-state index is -3.62. The molecular formula is C21H26N4O3S. The van der Waals surface area contributed by atoms with Gasteiger partial charge in [-0.2, -0.15) is 9.40 Å². The Morgan fingerprint density at radius 3 is 2.62 bits per heavy atom. The highest BCUT2D eigenvalue weighted by molar-refractivity contribution is 7.89. The number of aryl methyl sites for hydroxylation is 1. The largest absolute Gasteiger partial charge is 0.473 e. The number of fused-ring (bicyclic) bond motifs is 1. The van der Waals surface area contributed by atoms with Crippen LogP contribution in [0.5, 0.6) is 5.88 Å². The molecule has 29 heavy (non-hydrogen) atoms. The van der Waals surface area contributed by atoms with Crippen LogP contribution >= 0.6 is 0 Å². The maximum atomic E-state index is 13.3. The zero-order valence-electron chi connectivity index (χ0n) is 17.2. The Kier molecular flexibility index (Phi) is 5.08. The van der Waals surface area contributed by atoms with Crippen LogP contribution in [0.3, 0.4) is 0 Å². The fourth-order valence-electron chi connectivity index (χ4n) is 3.95. The van der Waals surface area contributed by atoms with Crippen molar-refractivity contribution in [1.29, 1.82) is 0 Å². The van der Waals surface area contributed by atoms with Gasteiger partial charge in [-0.05, 0) is 46.2 Å². The van der Waals surface area contributed by atoms with Crippen molar-refractivity contribution in [2.24, 2.45) is 0 Å². The van der Waals surface area contributed by atoms with E-state index in [9.17, 15) is 8.42 Å². The summed E-state index contributed by atoms with van der Waals surface area (Å²) in [6, 6.07) is 11.7. The third kappa shape index (κ3) is 3.62. The van der Waals surface area contributed by atoms with Crippen molar-refractivity contribution in [3.63, 3.8) is 0 Å². The van der Waals surface area contributed by atoms with Crippen molar-refractivity contribution in [3.05, 3.63) is 47.8 Å². The summed E-state index contributed by atoms with van der Waals surface area (Å²) in [5.74, 6) is 0.521. The molecule has 1 aliphatic heterocycles. The van der Waals surface area contributed by atoms with E-state index >= 15 is 0 Å². The molecule has 0 unspecified atom stereocenters. The Bertz CT molecular complexity index is 1150. The van der Waals surface area contributed by atoms with Gasteiger partial charge in [0.2, 0.25) is 15.9 Å². The van der Waals surface area contributed by atoms with Gasteiger partial charge in [-0.3, -0.25) is 4.68 Å². The molecule has 8 heteroatoms. The summed E-state index contributed by atoms with van der Waals surface area (Å²) >= 11 is 0. The molecule has 1 aliphatic rings. The Morgan fingerprint density at radius 1 is 1.14 bits per heavy atom. The first-order chi connectivity index (χ1) is 13.8. The van der Waals surface area contributed by atoms with Crippen molar-refractivity contribution in [3.8, 4) is 5.88 Å². The van der Waals surface area contributed by atoms with E-state index in [2.05, 4.69) is 10.1 Å². The first-order valence-electron chi connectivity index (χ1n) is 9.85. The highest BCUT2D eigenvalue weighted by atomic mass is 32.2. The van der Waals surface area contributed by atoms with E-state index in [1.807, 2.05) is 57.2 Å². The standard InChI is InChI=1S/C21H26N4O3S/c1-14(2)25-16(4)21(15(3)23-25)29(26,27)24-12-11-18(13-24)28-20-10-9-17-7-5-6-8-19(17)22-20/h5-10,14,18H,11-13H2,1-4H3/t18-/m1/s1. The Labute approximate surface area is 171 Å². The third-order valence-corrected chi connectivity index (χ3v) is 7.43. The van der Waals surface area contributed by atoms with Crippen molar-refractivity contribution in [1.82, 2.24) is 19.1 Å². The number of aromatic nitrogens is 3. The van der Waals surface area contributed by atoms with Crippen LogP contribution in [0.2, 0.25) is 0 Å². The smallest absolute Gasteiger partial charge is 0.246 e. The molecule has 3 heterocycles. The van der Waals surface area contributed by atoms with Gasteiger partial charge >= 0.3 is 0 Å². The molecule has 4 rings (SSSR count). The van der Waals surface area contributed by atoms with Crippen LogP contribution in [-0.2, 0) is 10.0 Å². The van der Waals surface area contributed by atoms with Crippen LogP contribution in [0.1, 0.15) is 37.7 Å². The fourth-order valence-corrected chi connectivity index (χ4v) is 5.80. The second-order valence-corrected chi connectivity index (χ2v) is 9.65. The second-order valence-electron chi connectivity index (χ2n) is 7.77. The van der Waals surface area contributed by atoms with Crippen LogP contribution < -0.4 is 4.74 Å². The third-order valence-electron chi connectivity index (χ3n) is 5.31. The first kappa shape index (κ1) is 19.8. The van der Waals surface area contributed by atoms with Gasteiger partial charge in [0.25, 0.3) is 0 Å². The molecule has 0 radical (unpaired) electrons. The monoisotopic (exact) mass is 414 g/mol. The molecule has 0 spiro atoms. The van der Waals surface area contributed by atoms with Crippen molar-refractivity contribution >= 4 is 20.9 Å². The van der Waals surface area contributed by atoms with E-state index in [0.29, 0.717) is 41.7 Å². The molecule has 1 fully saturated rings. The summed E-state index contributed by atoms with van der Waals surface area (Å²) in [5.41, 5.74) is 2.08. The van der Waals surface area contributed by atoms with Crippen molar-refractivity contribution < 1.29 is 13.2 Å². The predicted molar refractivity (Wildman–Crippen MR) is 112 cm³/mol. The fraction of sp³-hybridized carbons (Fsp3) is 0.429. The van der Waals surface area contributed by atoms with Gasteiger partial charge in [-0.25, -0.2) is 13.4 Å².